The van der Waals surface area contributed by atoms with Crippen molar-refractivity contribution in [1.82, 2.24) is 5.32 Å². The molecule has 0 aromatic heterocycles. The van der Waals surface area contributed by atoms with Gasteiger partial charge < -0.3 is 10.1 Å². The molecule has 1 aliphatic carbocycles. The minimum Gasteiger partial charge on any atom is -0.457 e. The Balaban J connectivity index is 1.82. The van der Waals surface area contributed by atoms with Crippen LogP contribution in [0.5, 0.6) is 11.5 Å². The van der Waals surface area contributed by atoms with E-state index in [9.17, 15) is 0 Å². The molecule has 3 heteroatoms. The fourth-order valence-electron chi connectivity index (χ4n) is 2.45. The van der Waals surface area contributed by atoms with Gasteiger partial charge in [-0.25, -0.2) is 0 Å². The van der Waals surface area contributed by atoms with Gasteiger partial charge in [-0.15, -0.1) is 0 Å². The summed E-state index contributed by atoms with van der Waals surface area (Å²) in [4.78, 5) is 0. The van der Waals surface area contributed by atoms with Crippen LogP contribution in [0.25, 0.3) is 0 Å². The molecule has 0 saturated heterocycles. The normalized spacial score (nSPS) is 14.2. The van der Waals surface area contributed by atoms with E-state index in [1.54, 1.807) is 0 Å². The van der Waals surface area contributed by atoms with Crippen LogP contribution in [0.4, 0.5) is 0 Å². The largest absolute Gasteiger partial charge is 0.457 e. The number of aryl methyl sites for hydroxylation is 2. The lowest BCUT2D eigenvalue weighted by Crippen LogP contribution is -2.15. The maximum Gasteiger partial charge on any atom is 0.131 e. The molecule has 1 N–H and O–H groups in total. The summed E-state index contributed by atoms with van der Waals surface area (Å²) in [6.45, 7) is 5.04. The summed E-state index contributed by atoms with van der Waals surface area (Å²) in [5, 5.41) is 3.55. The van der Waals surface area contributed by atoms with E-state index >= 15 is 0 Å². The van der Waals surface area contributed by atoms with Gasteiger partial charge in [0, 0.05) is 22.6 Å². The minimum atomic E-state index is 0.693. The molecule has 21 heavy (non-hydrogen) atoms. The number of rotatable bonds is 5. The second kappa shape index (κ2) is 6.20. The topological polar surface area (TPSA) is 21.3 Å². The summed E-state index contributed by atoms with van der Waals surface area (Å²) in [5.74, 6) is 1.83. The van der Waals surface area contributed by atoms with Crippen molar-refractivity contribution in [2.24, 2.45) is 0 Å². The first-order chi connectivity index (χ1) is 10.1. The Hall–Kier alpha value is -1.32. The zero-order valence-corrected chi connectivity index (χ0v) is 14.0. The van der Waals surface area contributed by atoms with Crippen LogP contribution in [0, 0.1) is 13.8 Å². The molecule has 0 radical (unpaired) electrons. The van der Waals surface area contributed by atoms with Crippen molar-refractivity contribution in [3.63, 3.8) is 0 Å². The molecule has 1 fully saturated rings. The van der Waals surface area contributed by atoms with Crippen molar-refractivity contribution in [3.8, 4) is 11.5 Å². The summed E-state index contributed by atoms with van der Waals surface area (Å²) in [6.07, 6.45) is 2.59. The van der Waals surface area contributed by atoms with Gasteiger partial charge in [0.05, 0.1) is 0 Å². The van der Waals surface area contributed by atoms with Gasteiger partial charge >= 0.3 is 0 Å². The lowest BCUT2D eigenvalue weighted by Gasteiger charge is -2.13. The maximum absolute atomic E-state index is 6.12. The van der Waals surface area contributed by atoms with Gasteiger partial charge in [-0.3, -0.25) is 0 Å². The highest BCUT2D eigenvalue weighted by atomic mass is 79.9. The van der Waals surface area contributed by atoms with Crippen molar-refractivity contribution >= 4 is 15.9 Å². The number of ether oxygens (including phenoxy) is 1. The molecule has 0 spiro atoms. The number of nitrogens with one attached hydrogen (secondary N) is 1. The van der Waals surface area contributed by atoms with E-state index < -0.39 is 0 Å². The average Bonchev–Trinajstić information content (AvgIpc) is 3.22. The molecule has 0 amide bonds. The van der Waals surface area contributed by atoms with Gasteiger partial charge in [0.25, 0.3) is 0 Å². The quantitative estimate of drug-likeness (QED) is 0.812. The fraction of sp³-hybridized carbons (Fsp3) is 0.333. The van der Waals surface area contributed by atoms with E-state index in [0.717, 1.165) is 22.5 Å². The molecular formula is C18H20BrNO. The smallest absolute Gasteiger partial charge is 0.131 e. The van der Waals surface area contributed by atoms with Gasteiger partial charge in [-0.05, 0) is 68.1 Å². The first kappa shape index (κ1) is 14.6. The maximum atomic E-state index is 6.12. The predicted octanol–water partition coefficient (Wildman–Crippen LogP) is 5.11. The molecular weight excluding hydrogens is 326 g/mol. The SMILES string of the molecule is Cc1cc(C)cc(Oc2ccc(Br)cc2CNC2CC2)c1. The number of halogens is 1. The molecule has 1 saturated carbocycles. The highest BCUT2D eigenvalue weighted by molar-refractivity contribution is 9.10. The van der Waals surface area contributed by atoms with Crippen LogP contribution in [0.3, 0.4) is 0 Å². The lowest BCUT2D eigenvalue weighted by molar-refractivity contribution is 0.471. The Morgan fingerprint density at radius 1 is 1.10 bits per heavy atom. The van der Waals surface area contributed by atoms with E-state index in [4.69, 9.17) is 4.74 Å². The molecule has 0 unspecified atom stereocenters. The average molecular weight is 346 g/mol. The van der Waals surface area contributed by atoms with Gasteiger partial charge in [0.1, 0.15) is 11.5 Å². The van der Waals surface area contributed by atoms with Crippen LogP contribution >= 0.6 is 15.9 Å². The zero-order valence-electron chi connectivity index (χ0n) is 12.4. The van der Waals surface area contributed by atoms with Crippen LogP contribution in [0.2, 0.25) is 0 Å². The van der Waals surface area contributed by atoms with Crippen molar-refractivity contribution in [1.29, 1.82) is 0 Å². The molecule has 3 rings (SSSR count). The summed E-state index contributed by atoms with van der Waals surface area (Å²) in [7, 11) is 0. The third kappa shape index (κ3) is 4.08. The first-order valence-corrected chi connectivity index (χ1v) is 8.17. The molecule has 0 atom stereocenters. The van der Waals surface area contributed by atoms with Crippen molar-refractivity contribution in [2.75, 3.05) is 0 Å². The Morgan fingerprint density at radius 2 is 1.81 bits per heavy atom. The van der Waals surface area contributed by atoms with Gasteiger partial charge in [-0.2, -0.15) is 0 Å². The van der Waals surface area contributed by atoms with Crippen molar-refractivity contribution in [3.05, 3.63) is 57.6 Å². The molecule has 0 bridgehead atoms. The third-order valence-corrected chi connectivity index (χ3v) is 4.10. The van der Waals surface area contributed by atoms with E-state index in [2.05, 4.69) is 59.4 Å². The lowest BCUT2D eigenvalue weighted by atomic mass is 10.1. The standard InChI is InChI=1S/C18H20BrNO/c1-12-7-13(2)9-17(8-12)21-18-6-3-15(19)10-14(18)11-20-16-4-5-16/h3,6-10,16,20H,4-5,11H2,1-2H3. The van der Waals surface area contributed by atoms with E-state index in [0.29, 0.717) is 6.04 Å². The first-order valence-electron chi connectivity index (χ1n) is 7.38. The molecule has 1 aliphatic rings. The molecule has 2 aromatic rings. The van der Waals surface area contributed by atoms with Crippen LogP contribution in [-0.2, 0) is 6.54 Å². The van der Waals surface area contributed by atoms with E-state index in [-0.39, 0.29) is 0 Å². The number of hydrogen-bond donors (Lipinski definition) is 1. The second-order valence-electron chi connectivity index (χ2n) is 5.83. The summed E-state index contributed by atoms with van der Waals surface area (Å²) < 4.78 is 7.20. The van der Waals surface area contributed by atoms with E-state index in [1.165, 1.54) is 29.5 Å². The summed E-state index contributed by atoms with van der Waals surface area (Å²) in [6, 6.07) is 13.2. The zero-order chi connectivity index (χ0) is 14.8. The van der Waals surface area contributed by atoms with Crippen LogP contribution < -0.4 is 10.1 Å². The number of benzene rings is 2. The van der Waals surface area contributed by atoms with Crippen molar-refractivity contribution < 1.29 is 4.74 Å². The summed E-state index contributed by atoms with van der Waals surface area (Å²) >= 11 is 3.54. The van der Waals surface area contributed by atoms with Gasteiger partial charge in [-0.1, -0.05) is 22.0 Å². The Kier molecular flexibility index (Phi) is 4.32. The Bertz CT molecular complexity index is 629. The molecule has 0 aliphatic heterocycles. The second-order valence-corrected chi connectivity index (χ2v) is 6.75. The van der Waals surface area contributed by atoms with Crippen LogP contribution in [0.15, 0.2) is 40.9 Å². The summed E-state index contributed by atoms with van der Waals surface area (Å²) in [5.41, 5.74) is 3.63. The molecule has 110 valence electrons. The minimum absolute atomic E-state index is 0.693. The van der Waals surface area contributed by atoms with Crippen LogP contribution in [-0.4, -0.2) is 6.04 Å². The highest BCUT2D eigenvalue weighted by Gasteiger charge is 2.20. The third-order valence-electron chi connectivity index (χ3n) is 3.60. The molecule has 2 nitrogen and oxygen atoms in total. The highest BCUT2D eigenvalue weighted by Crippen LogP contribution is 2.30. The predicted molar refractivity (Wildman–Crippen MR) is 90.0 cm³/mol. The fourth-order valence-corrected chi connectivity index (χ4v) is 2.85. The van der Waals surface area contributed by atoms with Gasteiger partial charge in [0.15, 0.2) is 0 Å². The monoisotopic (exact) mass is 345 g/mol. The molecule has 0 heterocycles. The van der Waals surface area contributed by atoms with Crippen molar-refractivity contribution in [2.45, 2.75) is 39.3 Å². The Labute approximate surface area is 134 Å². The molecule has 2 aromatic carbocycles. The Morgan fingerprint density at radius 3 is 2.48 bits per heavy atom. The van der Waals surface area contributed by atoms with E-state index in [1.807, 2.05) is 12.1 Å². The van der Waals surface area contributed by atoms with Gasteiger partial charge in [0.2, 0.25) is 0 Å². The van der Waals surface area contributed by atoms with Crippen LogP contribution in [0.1, 0.15) is 29.5 Å². The number of hydrogen-bond acceptors (Lipinski definition) is 2.